The van der Waals surface area contributed by atoms with Crippen LogP contribution in [0, 0.1) is 0 Å². The summed E-state index contributed by atoms with van der Waals surface area (Å²) < 4.78 is 38.3. The molecule has 8 heteroatoms. The number of allylic oxidation sites excluding steroid dienone is 2. The summed E-state index contributed by atoms with van der Waals surface area (Å²) in [5.41, 5.74) is 0.209. The van der Waals surface area contributed by atoms with E-state index in [-0.39, 0.29) is 5.71 Å². The van der Waals surface area contributed by atoms with E-state index in [1.807, 2.05) is 0 Å². The van der Waals surface area contributed by atoms with Gasteiger partial charge in [-0.05, 0) is 32.1 Å². The minimum Gasteiger partial charge on any atom is -0.262 e. The van der Waals surface area contributed by atoms with Crippen LogP contribution in [0.5, 0.6) is 0 Å². The van der Waals surface area contributed by atoms with Gasteiger partial charge in [-0.15, -0.1) is 5.10 Å². The molecule has 0 bridgehead atoms. The van der Waals surface area contributed by atoms with Crippen LogP contribution < -0.4 is 0 Å². The molecule has 0 amide bonds. The zero-order valence-corrected chi connectivity index (χ0v) is 11.6. The number of alkyl halides is 4. The monoisotopic (exact) mass is 311 g/mol. The Bertz CT molecular complexity index is 512. The predicted octanol–water partition coefficient (Wildman–Crippen LogP) is 3.65. The second kappa shape index (κ2) is 4.52. The molecule has 0 saturated carbocycles. The van der Waals surface area contributed by atoms with Crippen LogP contribution in [0.15, 0.2) is 33.4 Å². The number of amidine groups is 1. The summed E-state index contributed by atoms with van der Waals surface area (Å²) in [5, 5.41) is 5.06. The van der Waals surface area contributed by atoms with E-state index in [2.05, 4.69) is 10.1 Å². The van der Waals surface area contributed by atoms with Gasteiger partial charge in [0.25, 0.3) is 5.84 Å². The number of nitrogens with zero attached hydrogens (tertiary/aromatic N) is 3. The van der Waals surface area contributed by atoms with Gasteiger partial charge >= 0.3 is 6.18 Å². The highest BCUT2D eigenvalue weighted by atomic mass is 35.5. The molecule has 19 heavy (non-hydrogen) atoms. The minimum absolute atomic E-state index is 0.209. The second-order valence-corrected chi connectivity index (χ2v) is 5.90. The van der Waals surface area contributed by atoms with E-state index in [1.54, 1.807) is 19.9 Å². The molecular formula is C11H10Cl2F3N3. The topological polar surface area (TPSA) is 28.0 Å². The average Bonchev–Trinajstić information content (AvgIpc) is 2.24. The lowest BCUT2D eigenvalue weighted by molar-refractivity contribution is -0.0622. The Morgan fingerprint density at radius 2 is 1.89 bits per heavy atom. The quantitative estimate of drug-likeness (QED) is 0.536. The van der Waals surface area contributed by atoms with E-state index in [9.17, 15) is 13.2 Å². The molecule has 0 spiro atoms. The predicted molar refractivity (Wildman–Crippen MR) is 69.6 cm³/mol. The van der Waals surface area contributed by atoms with Crippen LogP contribution in [0.1, 0.15) is 13.8 Å². The van der Waals surface area contributed by atoms with Crippen molar-refractivity contribution in [3.63, 3.8) is 0 Å². The molecule has 2 rings (SSSR count). The number of halogens is 5. The Balaban J connectivity index is 2.50. The lowest BCUT2D eigenvalue weighted by Gasteiger charge is -2.39. The summed E-state index contributed by atoms with van der Waals surface area (Å²) in [6.07, 6.45) is -0.156. The molecule has 104 valence electrons. The van der Waals surface area contributed by atoms with Gasteiger partial charge in [-0.3, -0.25) is 5.01 Å². The van der Waals surface area contributed by atoms with E-state index in [0.717, 1.165) is 5.01 Å². The van der Waals surface area contributed by atoms with E-state index in [0.29, 0.717) is 5.03 Å². The van der Waals surface area contributed by atoms with Crippen molar-refractivity contribution in [3.05, 3.63) is 23.3 Å². The van der Waals surface area contributed by atoms with Crippen molar-refractivity contribution in [2.24, 2.45) is 10.1 Å². The molecule has 0 saturated heterocycles. The molecular weight excluding hydrogens is 302 g/mol. The highest BCUT2D eigenvalue weighted by molar-refractivity contribution is 6.32. The van der Waals surface area contributed by atoms with Crippen LogP contribution in [0.3, 0.4) is 0 Å². The lowest BCUT2D eigenvalue weighted by atomic mass is 10.0. The first-order chi connectivity index (χ1) is 8.59. The first kappa shape index (κ1) is 14.4. The third-order valence-corrected chi connectivity index (χ3v) is 2.96. The summed E-state index contributed by atoms with van der Waals surface area (Å²) in [5.74, 6) is -1.22. The summed E-state index contributed by atoms with van der Waals surface area (Å²) in [6.45, 7) is 3.10. The highest BCUT2D eigenvalue weighted by Crippen LogP contribution is 2.32. The molecule has 3 nitrogen and oxygen atoms in total. The molecule has 1 aliphatic carbocycles. The van der Waals surface area contributed by atoms with Crippen LogP contribution >= 0.6 is 23.2 Å². The van der Waals surface area contributed by atoms with Gasteiger partial charge in [-0.25, -0.2) is 4.99 Å². The lowest BCUT2D eigenvalue weighted by Crippen LogP contribution is -2.50. The summed E-state index contributed by atoms with van der Waals surface area (Å²) in [6, 6.07) is -0.601. The van der Waals surface area contributed by atoms with Crippen molar-refractivity contribution in [1.29, 1.82) is 0 Å². The Morgan fingerprint density at radius 3 is 2.42 bits per heavy atom. The van der Waals surface area contributed by atoms with Crippen molar-refractivity contribution in [1.82, 2.24) is 5.01 Å². The summed E-state index contributed by atoms with van der Waals surface area (Å²) in [4.78, 5) is 2.41. The second-order valence-electron chi connectivity index (χ2n) is 4.54. The van der Waals surface area contributed by atoms with Gasteiger partial charge in [-0.1, -0.05) is 23.2 Å². The molecule has 1 aliphatic heterocycles. The van der Waals surface area contributed by atoms with E-state index < -0.39 is 23.1 Å². The largest absolute Gasteiger partial charge is 0.453 e. The Hall–Kier alpha value is -1.01. The van der Waals surface area contributed by atoms with Crippen LogP contribution in [0.2, 0.25) is 0 Å². The van der Waals surface area contributed by atoms with Crippen LogP contribution in [-0.2, 0) is 0 Å². The molecule has 0 aromatic carbocycles. The smallest absolute Gasteiger partial charge is 0.262 e. The summed E-state index contributed by atoms with van der Waals surface area (Å²) >= 11 is 12.0. The fourth-order valence-electron chi connectivity index (χ4n) is 1.73. The van der Waals surface area contributed by atoms with Gasteiger partial charge in [0.2, 0.25) is 0 Å². The number of hydrogen-bond donors (Lipinski definition) is 0. The molecule has 2 aliphatic rings. The zero-order chi connectivity index (χ0) is 14.4. The zero-order valence-electron chi connectivity index (χ0n) is 10.0. The first-order valence-electron chi connectivity index (χ1n) is 5.37. The van der Waals surface area contributed by atoms with E-state index in [1.165, 1.54) is 12.2 Å². The Kier molecular flexibility index (Phi) is 3.43. The number of rotatable bonds is 1. The molecule has 0 aromatic heterocycles. The molecule has 0 N–H and O–H groups in total. The van der Waals surface area contributed by atoms with Crippen LogP contribution in [0.4, 0.5) is 13.2 Å². The Morgan fingerprint density at radius 1 is 1.26 bits per heavy atom. The fraction of sp³-hybridized carbons (Fsp3) is 0.455. The van der Waals surface area contributed by atoms with Crippen molar-refractivity contribution in [3.8, 4) is 0 Å². The van der Waals surface area contributed by atoms with Crippen LogP contribution in [0.25, 0.3) is 0 Å². The highest BCUT2D eigenvalue weighted by Gasteiger charge is 2.43. The van der Waals surface area contributed by atoms with Crippen molar-refractivity contribution in [2.45, 2.75) is 31.1 Å². The van der Waals surface area contributed by atoms with E-state index in [4.69, 9.17) is 23.2 Å². The molecule has 0 aromatic rings. The number of fused-ring (bicyclic) bond motifs is 1. The third-order valence-electron chi connectivity index (χ3n) is 2.53. The number of aliphatic imine (C=N–C) groups is 1. The van der Waals surface area contributed by atoms with Crippen molar-refractivity contribution >= 4 is 34.7 Å². The fourth-order valence-corrected chi connectivity index (χ4v) is 2.06. The molecule has 0 fully saturated rings. The van der Waals surface area contributed by atoms with Crippen molar-refractivity contribution < 1.29 is 13.2 Å². The standard InChI is InChI=1S/C11H10Cl2F3N3/c1-10(2,13)19-8-5-6(12)3-4-7(8)17-9(18-19)11(14,15)16/h3-5,8H,1-2H3. The van der Waals surface area contributed by atoms with Gasteiger partial charge in [-0.2, -0.15) is 13.2 Å². The van der Waals surface area contributed by atoms with Gasteiger partial charge in [0.1, 0.15) is 11.0 Å². The van der Waals surface area contributed by atoms with Crippen molar-refractivity contribution in [2.75, 3.05) is 0 Å². The van der Waals surface area contributed by atoms with Gasteiger partial charge in [0.05, 0.1) is 5.71 Å². The number of hydrazone groups is 1. The maximum absolute atomic E-state index is 12.8. The molecule has 1 atom stereocenters. The maximum atomic E-state index is 12.8. The molecule has 1 heterocycles. The SMILES string of the molecule is CC(C)(Cl)N1N=C(C(F)(F)F)N=C2C=CC(Cl)=CC21. The number of hydrogen-bond acceptors (Lipinski definition) is 3. The molecule has 0 radical (unpaired) electrons. The first-order valence-corrected chi connectivity index (χ1v) is 6.12. The minimum atomic E-state index is -4.63. The maximum Gasteiger partial charge on any atom is 0.453 e. The average molecular weight is 312 g/mol. The van der Waals surface area contributed by atoms with Gasteiger partial charge in [0.15, 0.2) is 0 Å². The normalized spacial score (nSPS) is 23.6. The molecule has 1 unspecified atom stereocenters. The van der Waals surface area contributed by atoms with Gasteiger partial charge in [0, 0.05) is 5.03 Å². The summed E-state index contributed by atoms with van der Waals surface area (Å²) in [7, 11) is 0. The van der Waals surface area contributed by atoms with E-state index >= 15 is 0 Å². The Labute approximate surface area is 118 Å². The van der Waals surface area contributed by atoms with Crippen LogP contribution in [-0.4, -0.2) is 33.8 Å². The van der Waals surface area contributed by atoms with Gasteiger partial charge < -0.3 is 0 Å². The third kappa shape index (κ3) is 2.95.